The number of nitrogens with zero attached hydrogens (tertiary/aromatic N) is 4. The summed E-state index contributed by atoms with van der Waals surface area (Å²) in [7, 11) is 0. The van der Waals surface area contributed by atoms with Crippen LogP contribution in [0.1, 0.15) is 28.7 Å². The predicted molar refractivity (Wildman–Crippen MR) is 112 cm³/mol. The van der Waals surface area contributed by atoms with Gasteiger partial charge in [0, 0.05) is 29.5 Å². The van der Waals surface area contributed by atoms with Crippen LogP contribution in [0.3, 0.4) is 0 Å². The number of carbonyl (C=O) groups is 1. The van der Waals surface area contributed by atoms with Crippen molar-refractivity contribution in [2.24, 2.45) is 0 Å². The second-order valence-corrected chi connectivity index (χ2v) is 7.27. The summed E-state index contributed by atoms with van der Waals surface area (Å²) in [6, 6.07) is 16.4. The minimum atomic E-state index is -1.42. The van der Waals surface area contributed by atoms with Crippen molar-refractivity contribution in [3.63, 3.8) is 0 Å². The van der Waals surface area contributed by atoms with E-state index >= 15 is 0 Å². The van der Waals surface area contributed by atoms with E-state index in [2.05, 4.69) is 20.4 Å². The van der Waals surface area contributed by atoms with Crippen LogP contribution in [0.5, 0.6) is 0 Å². The lowest BCUT2D eigenvalue weighted by molar-refractivity contribution is -0.00257. The van der Waals surface area contributed by atoms with Crippen LogP contribution in [0, 0.1) is 6.92 Å². The maximum atomic E-state index is 12.7. The van der Waals surface area contributed by atoms with Gasteiger partial charge in [-0.05, 0) is 19.9 Å². The molecular weight excluding hydrogens is 382 g/mol. The van der Waals surface area contributed by atoms with Gasteiger partial charge in [0.1, 0.15) is 17.1 Å². The molecule has 0 aliphatic heterocycles. The molecule has 0 bridgehead atoms. The molecule has 0 aliphatic carbocycles. The Morgan fingerprint density at radius 3 is 2.60 bits per heavy atom. The van der Waals surface area contributed by atoms with Gasteiger partial charge in [-0.1, -0.05) is 36.4 Å². The number of rotatable bonds is 5. The number of hydrogen-bond donors (Lipinski definition) is 3. The number of benzene rings is 1. The standard InChI is InChI=1S/C22H21N5O3/c1-14-10-20-24-19(11-18(27(20)26-14)15-6-4-3-5-7-15)25-21(29)17-9-8-16(12-23-17)22(2,30)13-28/h3-12,28,30H,13H2,1-2H3,(H,24,25,29)/t22-/m0/s1. The number of carbonyl (C=O) groups excluding carboxylic acids is 1. The molecule has 0 fully saturated rings. The summed E-state index contributed by atoms with van der Waals surface area (Å²) in [6.07, 6.45) is 1.37. The Morgan fingerprint density at radius 1 is 1.17 bits per heavy atom. The Hall–Kier alpha value is -3.62. The van der Waals surface area contributed by atoms with Crippen LogP contribution < -0.4 is 5.32 Å². The van der Waals surface area contributed by atoms with Crippen LogP contribution in [0.2, 0.25) is 0 Å². The fraction of sp³-hybridized carbons (Fsp3) is 0.182. The van der Waals surface area contributed by atoms with Gasteiger partial charge in [-0.2, -0.15) is 5.10 Å². The first-order valence-corrected chi connectivity index (χ1v) is 9.41. The Bertz CT molecular complexity index is 1200. The smallest absolute Gasteiger partial charge is 0.275 e. The lowest BCUT2D eigenvalue weighted by Gasteiger charge is -2.20. The first-order chi connectivity index (χ1) is 14.4. The van der Waals surface area contributed by atoms with Crippen LogP contribution in [0.25, 0.3) is 16.9 Å². The maximum Gasteiger partial charge on any atom is 0.275 e. The molecule has 0 aliphatic rings. The molecule has 1 aromatic carbocycles. The summed E-state index contributed by atoms with van der Waals surface area (Å²) in [4.78, 5) is 21.3. The second-order valence-electron chi connectivity index (χ2n) is 7.27. The first kappa shape index (κ1) is 19.7. The van der Waals surface area contributed by atoms with E-state index in [1.807, 2.05) is 43.3 Å². The molecule has 8 nitrogen and oxygen atoms in total. The van der Waals surface area contributed by atoms with Crippen molar-refractivity contribution in [1.29, 1.82) is 0 Å². The normalized spacial score (nSPS) is 13.2. The van der Waals surface area contributed by atoms with E-state index in [0.717, 1.165) is 17.0 Å². The van der Waals surface area contributed by atoms with Gasteiger partial charge < -0.3 is 15.5 Å². The summed E-state index contributed by atoms with van der Waals surface area (Å²) in [5, 5.41) is 26.6. The number of pyridine rings is 1. The molecule has 4 aromatic rings. The molecule has 0 unspecified atom stereocenters. The summed E-state index contributed by atoms with van der Waals surface area (Å²) in [5.41, 5.74) is 2.34. The van der Waals surface area contributed by atoms with Gasteiger partial charge in [0.05, 0.1) is 18.0 Å². The highest BCUT2D eigenvalue weighted by Crippen LogP contribution is 2.24. The highest BCUT2D eigenvalue weighted by Gasteiger charge is 2.23. The molecule has 1 atom stereocenters. The van der Waals surface area contributed by atoms with E-state index in [9.17, 15) is 15.0 Å². The van der Waals surface area contributed by atoms with Gasteiger partial charge in [0.2, 0.25) is 0 Å². The Balaban J connectivity index is 1.66. The molecule has 152 valence electrons. The molecule has 1 amide bonds. The third kappa shape index (κ3) is 3.78. The van der Waals surface area contributed by atoms with Crippen molar-refractivity contribution in [3.8, 4) is 11.3 Å². The minimum absolute atomic E-state index is 0.167. The minimum Gasteiger partial charge on any atom is -0.393 e. The molecular formula is C22H21N5O3. The van der Waals surface area contributed by atoms with Gasteiger partial charge in [-0.3, -0.25) is 9.78 Å². The van der Waals surface area contributed by atoms with E-state index in [0.29, 0.717) is 17.0 Å². The van der Waals surface area contributed by atoms with E-state index in [1.165, 1.54) is 19.2 Å². The topological polar surface area (TPSA) is 113 Å². The third-order valence-corrected chi connectivity index (χ3v) is 4.79. The molecule has 3 heterocycles. The molecule has 30 heavy (non-hydrogen) atoms. The third-order valence-electron chi connectivity index (χ3n) is 4.79. The zero-order valence-corrected chi connectivity index (χ0v) is 16.6. The predicted octanol–water partition coefficient (Wildman–Crippen LogP) is 2.55. The Kier molecular flexibility index (Phi) is 5.03. The average molecular weight is 403 g/mol. The van der Waals surface area contributed by atoms with Gasteiger partial charge in [0.25, 0.3) is 5.91 Å². The molecule has 3 aromatic heterocycles. The maximum absolute atomic E-state index is 12.7. The average Bonchev–Trinajstić information content (AvgIpc) is 3.14. The number of aryl methyl sites for hydroxylation is 1. The quantitative estimate of drug-likeness (QED) is 0.472. The Morgan fingerprint density at radius 2 is 1.93 bits per heavy atom. The van der Waals surface area contributed by atoms with Gasteiger partial charge in [-0.25, -0.2) is 9.50 Å². The van der Waals surface area contributed by atoms with Crippen molar-refractivity contribution < 1.29 is 15.0 Å². The van der Waals surface area contributed by atoms with E-state index in [1.54, 1.807) is 16.6 Å². The molecule has 3 N–H and O–H groups in total. The van der Waals surface area contributed by atoms with E-state index in [4.69, 9.17) is 0 Å². The lowest BCUT2D eigenvalue weighted by Crippen LogP contribution is -2.26. The highest BCUT2D eigenvalue weighted by atomic mass is 16.3. The van der Waals surface area contributed by atoms with Crippen LogP contribution in [-0.4, -0.2) is 42.3 Å². The molecule has 0 saturated heterocycles. The SMILES string of the molecule is Cc1cc2nc(NC(=O)c3ccc([C@@](C)(O)CO)cn3)cc(-c3ccccc3)n2n1. The fourth-order valence-electron chi connectivity index (χ4n) is 3.09. The first-order valence-electron chi connectivity index (χ1n) is 9.41. The van der Waals surface area contributed by atoms with E-state index in [-0.39, 0.29) is 5.69 Å². The monoisotopic (exact) mass is 403 g/mol. The number of aromatic nitrogens is 4. The number of amides is 1. The van der Waals surface area contributed by atoms with E-state index < -0.39 is 18.1 Å². The zero-order valence-electron chi connectivity index (χ0n) is 16.6. The number of nitrogens with one attached hydrogen (secondary N) is 1. The molecule has 0 radical (unpaired) electrons. The highest BCUT2D eigenvalue weighted by molar-refractivity contribution is 6.02. The van der Waals surface area contributed by atoms with Crippen LogP contribution >= 0.6 is 0 Å². The van der Waals surface area contributed by atoms with Crippen molar-refractivity contribution in [2.75, 3.05) is 11.9 Å². The second kappa shape index (κ2) is 7.66. The molecule has 8 heteroatoms. The largest absolute Gasteiger partial charge is 0.393 e. The van der Waals surface area contributed by atoms with Crippen LogP contribution in [-0.2, 0) is 5.60 Å². The lowest BCUT2D eigenvalue weighted by atomic mass is 9.99. The zero-order chi connectivity index (χ0) is 21.3. The number of aliphatic hydroxyl groups excluding tert-OH is 1. The fourth-order valence-corrected chi connectivity index (χ4v) is 3.09. The van der Waals surface area contributed by atoms with Crippen LogP contribution in [0.15, 0.2) is 60.8 Å². The van der Waals surface area contributed by atoms with Gasteiger partial charge >= 0.3 is 0 Å². The number of aliphatic hydroxyl groups is 2. The van der Waals surface area contributed by atoms with Gasteiger partial charge in [0.15, 0.2) is 5.65 Å². The summed E-state index contributed by atoms with van der Waals surface area (Å²) >= 11 is 0. The Labute approximate surface area is 172 Å². The van der Waals surface area contributed by atoms with Crippen molar-refractivity contribution in [1.82, 2.24) is 19.6 Å². The molecule has 0 saturated carbocycles. The van der Waals surface area contributed by atoms with Crippen molar-refractivity contribution >= 4 is 17.4 Å². The number of fused-ring (bicyclic) bond motifs is 1. The van der Waals surface area contributed by atoms with Crippen molar-refractivity contribution in [3.05, 3.63) is 77.7 Å². The molecule has 0 spiro atoms. The van der Waals surface area contributed by atoms with Crippen molar-refractivity contribution in [2.45, 2.75) is 19.4 Å². The summed E-state index contributed by atoms with van der Waals surface area (Å²) in [5.74, 6) is -0.0585. The van der Waals surface area contributed by atoms with Crippen LogP contribution in [0.4, 0.5) is 5.82 Å². The number of anilines is 1. The number of hydrogen-bond acceptors (Lipinski definition) is 6. The molecule has 4 rings (SSSR count). The van der Waals surface area contributed by atoms with Gasteiger partial charge in [-0.15, -0.1) is 0 Å². The summed E-state index contributed by atoms with van der Waals surface area (Å²) in [6.45, 7) is 2.91. The summed E-state index contributed by atoms with van der Waals surface area (Å²) < 4.78 is 1.74.